The Balaban J connectivity index is 2.77. The number of rotatable bonds is 7. The smallest absolute Gasteiger partial charge is 0.320 e. The second-order valence-electron chi connectivity index (χ2n) is 4.75. The summed E-state index contributed by atoms with van der Waals surface area (Å²) in [4.78, 5) is 11.0. The minimum atomic E-state index is -1.12. The molecule has 0 spiro atoms. The molecule has 112 valence electrons. The molecule has 0 saturated carbocycles. The van der Waals surface area contributed by atoms with Crippen molar-refractivity contribution < 1.29 is 23.8 Å². The molecular weight excluding hydrogens is 268 g/mol. The van der Waals surface area contributed by atoms with Crippen LogP contribution in [0, 0.1) is 11.6 Å². The van der Waals surface area contributed by atoms with E-state index in [2.05, 4.69) is 5.32 Å². The average Bonchev–Trinajstić information content (AvgIpc) is 2.40. The largest absolute Gasteiger partial charge is 0.480 e. The molecule has 0 aliphatic heterocycles. The zero-order chi connectivity index (χ0) is 15.3. The number of hydrogen-bond donors (Lipinski definition) is 3. The third-order valence-electron chi connectivity index (χ3n) is 3.10. The van der Waals surface area contributed by atoms with Gasteiger partial charge in [0.15, 0.2) is 11.6 Å². The summed E-state index contributed by atoms with van der Waals surface area (Å²) in [6.45, 7) is 3.45. The van der Waals surface area contributed by atoms with Crippen molar-refractivity contribution in [1.29, 1.82) is 0 Å². The molecule has 1 rings (SSSR count). The van der Waals surface area contributed by atoms with E-state index in [0.29, 0.717) is 12.8 Å². The monoisotopic (exact) mass is 287 g/mol. The number of aliphatic hydroxyl groups is 1. The van der Waals surface area contributed by atoms with Gasteiger partial charge in [-0.05, 0) is 31.0 Å². The van der Waals surface area contributed by atoms with Crippen LogP contribution in [0.5, 0.6) is 0 Å². The summed E-state index contributed by atoms with van der Waals surface area (Å²) < 4.78 is 25.9. The van der Waals surface area contributed by atoms with Crippen molar-refractivity contribution >= 4 is 5.97 Å². The number of nitrogens with one attached hydrogen (secondary N) is 1. The number of hydrogen-bond acceptors (Lipinski definition) is 3. The third kappa shape index (κ3) is 4.25. The maximum absolute atomic E-state index is 13.1. The lowest BCUT2D eigenvalue weighted by Crippen LogP contribution is -2.44. The fraction of sp³-hybridized carbons (Fsp3) is 0.500. The fourth-order valence-electron chi connectivity index (χ4n) is 1.96. The molecule has 0 aliphatic carbocycles. The Morgan fingerprint density at radius 2 is 2.00 bits per heavy atom. The molecule has 0 radical (unpaired) electrons. The Hall–Kier alpha value is -1.53. The minimum absolute atomic E-state index is 0.199. The van der Waals surface area contributed by atoms with Gasteiger partial charge in [-0.1, -0.05) is 19.4 Å². The number of carbonyl (C=O) groups is 1. The van der Waals surface area contributed by atoms with Crippen molar-refractivity contribution in [3.8, 4) is 0 Å². The number of benzene rings is 1. The molecule has 20 heavy (non-hydrogen) atoms. The molecule has 3 atom stereocenters. The predicted octanol–water partition coefficient (Wildman–Crippen LogP) is 2.23. The van der Waals surface area contributed by atoms with Crippen molar-refractivity contribution in [2.75, 3.05) is 0 Å². The first kappa shape index (κ1) is 16.5. The molecule has 4 nitrogen and oxygen atoms in total. The highest BCUT2D eigenvalue weighted by molar-refractivity contribution is 5.73. The topological polar surface area (TPSA) is 69.6 Å². The molecule has 0 heterocycles. The van der Waals surface area contributed by atoms with Crippen LogP contribution in [0.1, 0.15) is 38.4 Å². The zero-order valence-electron chi connectivity index (χ0n) is 11.4. The van der Waals surface area contributed by atoms with E-state index in [1.165, 1.54) is 6.07 Å². The van der Waals surface area contributed by atoms with Gasteiger partial charge in [-0.2, -0.15) is 0 Å². The first-order valence-electron chi connectivity index (χ1n) is 6.48. The molecule has 0 aliphatic rings. The number of carboxylic acid groups (broad SMARTS) is 1. The van der Waals surface area contributed by atoms with Crippen LogP contribution in [0.2, 0.25) is 0 Å². The summed E-state index contributed by atoms with van der Waals surface area (Å²) >= 11 is 0. The Kier molecular flexibility index (Phi) is 6.04. The Morgan fingerprint density at radius 1 is 1.35 bits per heavy atom. The summed E-state index contributed by atoms with van der Waals surface area (Å²) in [5.41, 5.74) is 0.199. The standard InChI is InChI=1S/C14H19F2NO3/c1-3-4-12(14(19)20)17-8(2)13(18)9-5-6-10(15)11(16)7-9/h5-8,12-13,17-18H,3-4H2,1-2H3,(H,19,20). The number of aliphatic carboxylic acids is 1. The second kappa shape index (κ2) is 7.31. The molecule has 6 heteroatoms. The van der Waals surface area contributed by atoms with Crippen molar-refractivity contribution in [2.24, 2.45) is 0 Å². The van der Waals surface area contributed by atoms with E-state index in [0.717, 1.165) is 12.1 Å². The molecule has 0 saturated heterocycles. The molecule has 0 aromatic heterocycles. The van der Waals surface area contributed by atoms with Gasteiger partial charge in [-0.15, -0.1) is 0 Å². The highest BCUT2D eigenvalue weighted by Crippen LogP contribution is 2.20. The van der Waals surface area contributed by atoms with E-state index in [4.69, 9.17) is 5.11 Å². The summed E-state index contributed by atoms with van der Waals surface area (Å²) in [5.74, 6) is -3.04. The van der Waals surface area contributed by atoms with Gasteiger partial charge < -0.3 is 10.2 Å². The lowest BCUT2D eigenvalue weighted by Gasteiger charge is -2.24. The molecular formula is C14H19F2NO3. The van der Waals surface area contributed by atoms with E-state index in [1.54, 1.807) is 6.92 Å². The Bertz CT molecular complexity index is 468. The van der Waals surface area contributed by atoms with Gasteiger partial charge >= 0.3 is 5.97 Å². The zero-order valence-corrected chi connectivity index (χ0v) is 11.4. The second-order valence-corrected chi connectivity index (χ2v) is 4.75. The quantitative estimate of drug-likeness (QED) is 0.719. The fourth-order valence-corrected chi connectivity index (χ4v) is 1.96. The molecule has 0 amide bonds. The van der Waals surface area contributed by atoms with Crippen LogP contribution in [-0.2, 0) is 4.79 Å². The van der Waals surface area contributed by atoms with Gasteiger partial charge in [0.05, 0.1) is 6.10 Å². The van der Waals surface area contributed by atoms with E-state index >= 15 is 0 Å². The van der Waals surface area contributed by atoms with Crippen molar-refractivity contribution in [1.82, 2.24) is 5.32 Å². The highest BCUT2D eigenvalue weighted by atomic mass is 19.2. The Labute approximate surface area is 116 Å². The van der Waals surface area contributed by atoms with Crippen molar-refractivity contribution in [2.45, 2.75) is 44.9 Å². The van der Waals surface area contributed by atoms with Crippen LogP contribution in [0.25, 0.3) is 0 Å². The van der Waals surface area contributed by atoms with Crippen molar-refractivity contribution in [3.63, 3.8) is 0 Å². The van der Waals surface area contributed by atoms with Gasteiger partial charge in [-0.25, -0.2) is 8.78 Å². The van der Waals surface area contributed by atoms with Crippen LogP contribution in [-0.4, -0.2) is 28.3 Å². The molecule has 1 aromatic carbocycles. The average molecular weight is 287 g/mol. The van der Waals surface area contributed by atoms with Gasteiger partial charge in [0.2, 0.25) is 0 Å². The van der Waals surface area contributed by atoms with E-state index in [1.807, 2.05) is 6.92 Å². The number of carboxylic acids is 1. The van der Waals surface area contributed by atoms with E-state index < -0.39 is 35.8 Å². The van der Waals surface area contributed by atoms with Crippen LogP contribution in [0.4, 0.5) is 8.78 Å². The van der Waals surface area contributed by atoms with Crippen LogP contribution in [0.3, 0.4) is 0 Å². The van der Waals surface area contributed by atoms with Crippen LogP contribution >= 0.6 is 0 Å². The maximum atomic E-state index is 13.1. The summed E-state index contributed by atoms with van der Waals surface area (Å²) in [5, 5.41) is 21.9. The molecule has 0 bridgehead atoms. The summed E-state index contributed by atoms with van der Waals surface area (Å²) in [7, 11) is 0. The normalized spacial score (nSPS) is 15.7. The van der Waals surface area contributed by atoms with Crippen molar-refractivity contribution in [3.05, 3.63) is 35.4 Å². The molecule has 3 unspecified atom stereocenters. The molecule has 3 N–H and O–H groups in total. The minimum Gasteiger partial charge on any atom is -0.480 e. The van der Waals surface area contributed by atoms with E-state index in [-0.39, 0.29) is 5.56 Å². The number of halogens is 2. The first-order chi connectivity index (χ1) is 9.36. The van der Waals surface area contributed by atoms with Gasteiger partial charge in [0.1, 0.15) is 6.04 Å². The lowest BCUT2D eigenvalue weighted by atomic mass is 10.0. The Morgan fingerprint density at radius 3 is 2.50 bits per heavy atom. The maximum Gasteiger partial charge on any atom is 0.320 e. The summed E-state index contributed by atoms with van der Waals surface area (Å²) in [6, 6.07) is 1.73. The predicted molar refractivity (Wildman–Crippen MR) is 70.2 cm³/mol. The van der Waals surface area contributed by atoms with Gasteiger partial charge in [-0.3, -0.25) is 10.1 Å². The van der Waals surface area contributed by atoms with Crippen LogP contribution in [0.15, 0.2) is 18.2 Å². The first-order valence-corrected chi connectivity index (χ1v) is 6.48. The lowest BCUT2D eigenvalue weighted by molar-refractivity contribution is -0.140. The summed E-state index contributed by atoms with van der Waals surface area (Å²) in [6.07, 6.45) is -0.0221. The SMILES string of the molecule is CCCC(NC(C)C(O)c1ccc(F)c(F)c1)C(=O)O. The van der Waals surface area contributed by atoms with E-state index in [9.17, 15) is 18.7 Å². The van der Waals surface area contributed by atoms with Gasteiger partial charge in [0.25, 0.3) is 0 Å². The molecule has 1 aromatic rings. The van der Waals surface area contributed by atoms with Crippen LogP contribution < -0.4 is 5.32 Å². The third-order valence-corrected chi connectivity index (χ3v) is 3.10. The number of aliphatic hydroxyl groups excluding tert-OH is 1. The highest BCUT2D eigenvalue weighted by Gasteiger charge is 2.24. The van der Waals surface area contributed by atoms with Gasteiger partial charge in [0, 0.05) is 6.04 Å². The molecule has 0 fully saturated rings.